The first-order chi connectivity index (χ1) is 9.44. The summed E-state index contributed by atoms with van der Waals surface area (Å²) in [6.07, 6.45) is 7.17. The maximum Gasteiger partial charge on any atom is 0.306 e. The first kappa shape index (κ1) is 26.1. The zero-order valence-electron chi connectivity index (χ0n) is 14.2. The van der Waals surface area contributed by atoms with E-state index in [1.165, 1.54) is 0 Å². The molecule has 0 bridgehead atoms. The summed E-state index contributed by atoms with van der Waals surface area (Å²) < 4.78 is 0. The van der Waals surface area contributed by atoms with Gasteiger partial charge in [-0.1, -0.05) is 53.4 Å². The van der Waals surface area contributed by atoms with Gasteiger partial charge in [-0.15, -0.1) is 0 Å². The molecule has 0 aromatic carbocycles. The Balaban J connectivity index is -0.000000295. The third-order valence-electron chi connectivity index (χ3n) is 3.25. The van der Waals surface area contributed by atoms with Crippen LogP contribution in [-0.4, -0.2) is 59.9 Å². The van der Waals surface area contributed by atoms with Gasteiger partial charge in [0.15, 0.2) is 0 Å². The monoisotopic (exact) mass is 328 g/mol. The second-order valence-electron chi connectivity index (χ2n) is 5.23. The molecule has 0 atom stereocenters. The predicted octanol–water partition coefficient (Wildman–Crippen LogP) is 4.19. The van der Waals surface area contributed by atoms with Crippen molar-refractivity contribution in [1.82, 2.24) is 0 Å². The van der Waals surface area contributed by atoms with E-state index in [0.29, 0.717) is 0 Å². The Morgan fingerprint density at radius 1 is 0.667 bits per heavy atom. The minimum Gasteiger partial charge on any atom is -0.481 e. The van der Waals surface area contributed by atoms with Crippen molar-refractivity contribution in [2.75, 3.05) is 0 Å². The Hall–Kier alpha value is 0.200. The van der Waals surface area contributed by atoms with Crippen molar-refractivity contribution in [3.63, 3.8) is 0 Å². The molecule has 21 heavy (non-hydrogen) atoms. The molecular weight excluding hydrogens is 296 g/mol. The van der Waals surface area contributed by atoms with Crippen LogP contribution < -0.4 is 0 Å². The van der Waals surface area contributed by atoms with Gasteiger partial charge >= 0.3 is 11.9 Å². The van der Waals surface area contributed by atoms with Crippen LogP contribution in [0.4, 0.5) is 0 Å². The van der Waals surface area contributed by atoms with Gasteiger partial charge in [0, 0.05) is 37.7 Å². The smallest absolute Gasteiger partial charge is 0.306 e. The van der Waals surface area contributed by atoms with Gasteiger partial charge in [-0.2, -0.15) is 0 Å². The Labute approximate surface area is 159 Å². The van der Waals surface area contributed by atoms with Crippen LogP contribution in [0.25, 0.3) is 0 Å². The molecule has 0 aliphatic carbocycles. The van der Waals surface area contributed by atoms with E-state index in [9.17, 15) is 9.59 Å². The summed E-state index contributed by atoms with van der Waals surface area (Å²) >= 11 is 0. The third kappa shape index (κ3) is 16.4. The Morgan fingerprint density at radius 3 is 0.952 bits per heavy atom. The summed E-state index contributed by atoms with van der Waals surface area (Å²) in [4.78, 5) is 21.0. The van der Waals surface area contributed by atoms with E-state index in [-0.39, 0.29) is 49.6 Å². The summed E-state index contributed by atoms with van der Waals surface area (Å²) in [5.74, 6) is -1.47. The Bertz CT molecular complexity index is 219. The Kier molecular flexibility index (Phi) is 22.7. The molecule has 0 aliphatic rings. The van der Waals surface area contributed by atoms with Crippen LogP contribution in [0.1, 0.15) is 79.1 Å². The summed E-state index contributed by atoms with van der Waals surface area (Å²) in [5.41, 5.74) is 0. The quantitative estimate of drug-likeness (QED) is 0.590. The second-order valence-corrected chi connectivity index (χ2v) is 5.23. The molecule has 0 unspecified atom stereocenters. The summed E-state index contributed by atoms with van der Waals surface area (Å²) in [6.45, 7) is 8.08. The van der Waals surface area contributed by atoms with Crippen LogP contribution in [0.5, 0.6) is 0 Å². The Morgan fingerprint density at radius 2 is 0.857 bits per heavy atom. The molecule has 0 saturated carbocycles. The fourth-order valence-electron chi connectivity index (χ4n) is 2.18. The van der Waals surface area contributed by atoms with Crippen molar-refractivity contribution in [2.24, 2.45) is 11.8 Å². The fraction of sp³-hybridized carbons (Fsp3) is 0.875. The molecule has 0 fully saturated rings. The third-order valence-corrected chi connectivity index (χ3v) is 3.25. The van der Waals surface area contributed by atoms with Crippen LogP contribution in [0.15, 0.2) is 0 Å². The van der Waals surface area contributed by atoms with Crippen molar-refractivity contribution in [1.29, 1.82) is 0 Å². The molecule has 0 aliphatic heterocycles. The predicted molar refractivity (Wildman–Crippen MR) is 87.6 cm³/mol. The van der Waals surface area contributed by atoms with Gasteiger partial charge in [-0.05, 0) is 25.7 Å². The van der Waals surface area contributed by atoms with Crippen LogP contribution in [-0.2, 0) is 9.59 Å². The maximum atomic E-state index is 10.5. The largest absolute Gasteiger partial charge is 0.481 e. The van der Waals surface area contributed by atoms with Crippen molar-refractivity contribution >= 4 is 49.7 Å². The number of carbonyl (C=O) groups is 2. The van der Waals surface area contributed by atoms with Crippen molar-refractivity contribution in [2.45, 2.75) is 79.1 Å². The molecular formula is C16H32CaO4. The minimum atomic E-state index is -0.635. The molecule has 0 aromatic rings. The normalized spacial score (nSPS) is 9.81. The topological polar surface area (TPSA) is 74.6 Å². The molecule has 0 spiro atoms. The number of carboxylic acid groups (broad SMARTS) is 2. The molecule has 0 rings (SSSR count). The average Bonchev–Trinajstić information content (AvgIpc) is 2.38. The number of rotatable bonds is 10. The zero-order chi connectivity index (χ0) is 16.0. The van der Waals surface area contributed by atoms with Gasteiger partial charge in [0.05, 0.1) is 11.8 Å². The zero-order valence-corrected chi connectivity index (χ0v) is 16.4. The summed E-state index contributed by atoms with van der Waals surface area (Å²) in [6, 6.07) is 0. The first-order valence-electron chi connectivity index (χ1n) is 7.89. The minimum absolute atomic E-state index is 0. The van der Waals surface area contributed by atoms with Gasteiger partial charge in [-0.3, -0.25) is 9.59 Å². The van der Waals surface area contributed by atoms with Crippen molar-refractivity contribution < 1.29 is 19.8 Å². The second kappa shape index (κ2) is 18.2. The molecule has 5 heteroatoms. The van der Waals surface area contributed by atoms with Gasteiger partial charge in [0.1, 0.15) is 0 Å². The molecule has 4 nitrogen and oxygen atoms in total. The molecule has 2 N–H and O–H groups in total. The number of aliphatic carboxylic acids is 2. The van der Waals surface area contributed by atoms with E-state index >= 15 is 0 Å². The van der Waals surface area contributed by atoms with Gasteiger partial charge in [-0.25, -0.2) is 0 Å². The fourth-order valence-corrected chi connectivity index (χ4v) is 2.18. The van der Waals surface area contributed by atoms with Crippen molar-refractivity contribution in [3.8, 4) is 0 Å². The molecule has 0 aromatic heterocycles. The number of carboxylic acids is 2. The van der Waals surface area contributed by atoms with E-state index in [0.717, 1.165) is 51.4 Å². The molecule has 0 amide bonds. The van der Waals surface area contributed by atoms with Crippen LogP contribution in [0.2, 0.25) is 0 Å². The van der Waals surface area contributed by atoms with E-state index < -0.39 is 11.9 Å². The van der Waals surface area contributed by atoms with Gasteiger partial charge in [0.25, 0.3) is 0 Å². The van der Waals surface area contributed by atoms with E-state index in [1.807, 2.05) is 27.7 Å². The SMILES string of the molecule is CCCC(CCC)C(=O)O.CCCC(CCC)C(=O)O.[Ca]. The molecule has 2 radical (unpaired) electrons. The van der Waals surface area contributed by atoms with E-state index in [2.05, 4.69) is 0 Å². The van der Waals surface area contributed by atoms with Crippen LogP contribution in [0, 0.1) is 11.8 Å². The number of hydrogen-bond acceptors (Lipinski definition) is 2. The van der Waals surface area contributed by atoms with E-state index in [1.54, 1.807) is 0 Å². The maximum absolute atomic E-state index is 10.5. The van der Waals surface area contributed by atoms with Crippen molar-refractivity contribution in [3.05, 3.63) is 0 Å². The van der Waals surface area contributed by atoms with Crippen LogP contribution >= 0.6 is 0 Å². The van der Waals surface area contributed by atoms with Gasteiger partial charge < -0.3 is 10.2 Å². The summed E-state index contributed by atoms with van der Waals surface area (Å²) in [5, 5.41) is 17.3. The number of hydrogen-bond donors (Lipinski definition) is 2. The molecule has 0 heterocycles. The van der Waals surface area contributed by atoms with Gasteiger partial charge in [0.2, 0.25) is 0 Å². The molecule has 0 saturated heterocycles. The van der Waals surface area contributed by atoms with Crippen LogP contribution in [0.3, 0.4) is 0 Å². The standard InChI is InChI=1S/2C8H16O2.Ca/c2*1-3-5-7(6-4-2)8(9)10;/h2*7H,3-6H2,1-2H3,(H,9,10);. The summed E-state index contributed by atoms with van der Waals surface area (Å²) in [7, 11) is 0. The van der Waals surface area contributed by atoms with E-state index in [4.69, 9.17) is 10.2 Å². The molecule has 122 valence electrons. The first-order valence-corrected chi connectivity index (χ1v) is 7.89. The average molecular weight is 329 g/mol.